The summed E-state index contributed by atoms with van der Waals surface area (Å²) in [7, 11) is 4.63. The number of imide groups is 2. The molecular weight excluding hydrogens is 440 g/mol. The minimum atomic E-state index is -2.20. The highest BCUT2D eigenvalue weighted by molar-refractivity contribution is 9.10. The van der Waals surface area contributed by atoms with Crippen molar-refractivity contribution in [2.75, 3.05) is 28.4 Å². The van der Waals surface area contributed by atoms with E-state index in [0.29, 0.717) is 4.47 Å². The zero-order valence-electron chi connectivity index (χ0n) is 15.5. The molecule has 150 valence electrons. The number of hydrogen-bond donors (Lipinski definition) is 1. The molecule has 0 fully saturated rings. The fourth-order valence-corrected chi connectivity index (χ4v) is 3.48. The van der Waals surface area contributed by atoms with Gasteiger partial charge in [-0.2, -0.15) is 0 Å². The Bertz CT molecular complexity index is 884. The first-order valence-corrected chi connectivity index (χ1v) is 8.60. The highest BCUT2D eigenvalue weighted by atomic mass is 79.9. The van der Waals surface area contributed by atoms with E-state index >= 15 is 0 Å². The van der Waals surface area contributed by atoms with Gasteiger partial charge in [-0.1, -0.05) is 0 Å². The molecule has 0 saturated heterocycles. The molecule has 11 heteroatoms. The predicted molar refractivity (Wildman–Crippen MR) is 96.7 cm³/mol. The fourth-order valence-electron chi connectivity index (χ4n) is 2.98. The lowest BCUT2D eigenvalue weighted by Crippen LogP contribution is -2.59. The van der Waals surface area contributed by atoms with Crippen LogP contribution >= 0.6 is 15.9 Å². The van der Waals surface area contributed by atoms with Crippen LogP contribution in [0.3, 0.4) is 0 Å². The lowest BCUT2D eigenvalue weighted by atomic mass is 9.71. The summed E-state index contributed by atoms with van der Waals surface area (Å²) in [5.74, 6) is -3.45. The van der Waals surface area contributed by atoms with Gasteiger partial charge in [-0.05, 0) is 33.6 Å². The Labute approximate surface area is 168 Å². The number of ether oxygens (including phenoxy) is 3. The largest absolute Gasteiger partial charge is 0.496 e. The number of rotatable bonds is 4. The monoisotopic (exact) mass is 456 g/mol. The summed E-state index contributed by atoms with van der Waals surface area (Å²) in [5.41, 5.74) is -2.25. The Morgan fingerprint density at radius 1 is 1.14 bits per heavy atom. The summed E-state index contributed by atoms with van der Waals surface area (Å²) in [5, 5.41) is 1.89. The predicted octanol–water partition coefficient (Wildman–Crippen LogP) is 0.753. The number of likely N-dealkylation sites (N-methyl/N-ethyl adjacent to an activating group) is 1. The van der Waals surface area contributed by atoms with Gasteiger partial charge < -0.3 is 14.2 Å². The second kappa shape index (κ2) is 7.97. The molecular formula is C17H17BrN2O8. The summed E-state index contributed by atoms with van der Waals surface area (Å²) in [4.78, 5) is 62.8. The zero-order chi connectivity index (χ0) is 21.2. The van der Waals surface area contributed by atoms with Gasteiger partial charge >= 0.3 is 12.1 Å². The second-order valence-corrected chi connectivity index (χ2v) is 6.67. The van der Waals surface area contributed by atoms with Crippen LogP contribution < -0.4 is 10.1 Å². The normalized spacial score (nSPS) is 18.2. The second-order valence-electron chi connectivity index (χ2n) is 5.82. The maximum Gasteiger partial charge on any atom is 0.413 e. The van der Waals surface area contributed by atoms with Crippen LogP contribution in [-0.4, -0.2) is 63.1 Å². The highest BCUT2D eigenvalue weighted by Crippen LogP contribution is 2.42. The Balaban J connectivity index is 2.76. The molecule has 0 radical (unpaired) electrons. The average Bonchev–Trinajstić information content (AvgIpc) is 2.68. The van der Waals surface area contributed by atoms with Crippen molar-refractivity contribution >= 4 is 45.7 Å². The molecule has 28 heavy (non-hydrogen) atoms. The van der Waals surface area contributed by atoms with E-state index in [0.717, 1.165) is 19.1 Å². The number of alkyl carbamates (subject to hydrolysis) is 1. The third-order valence-electron chi connectivity index (χ3n) is 4.34. The number of amides is 4. The Morgan fingerprint density at radius 3 is 2.32 bits per heavy atom. The Morgan fingerprint density at radius 2 is 1.79 bits per heavy atom. The van der Waals surface area contributed by atoms with E-state index in [-0.39, 0.29) is 16.9 Å². The maximum absolute atomic E-state index is 13.1. The van der Waals surface area contributed by atoms with Gasteiger partial charge in [-0.15, -0.1) is 0 Å². The summed E-state index contributed by atoms with van der Waals surface area (Å²) >= 11 is 3.25. The van der Waals surface area contributed by atoms with Crippen LogP contribution in [-0.2, 0) is 29.3 Å². The molecule has 1 atom stereocenters. The van der Waals surface area contributed by atoms with Crippen molar-refractivity contribution < 1.29 is 38.2 Å². The molecule has 1 N–H and O–H groups in total. The molecule has 4 amide bonds. The topological polar surface area (TPSA) is 128 Å². The smallest absolute Gasteiger partial charge is 0.413 e. The van der Waals surface area contributed by atoms with E-state index < -0.39 is 41.6 Å². The number of methoxy groups -OCH3 is 3. The number of halogens is 1. The summed E-state index contributed by atoms with van der Waals surface area (Å²) in [6.07, 6.45) is -1.85. The molecule has 1 heterocycles. The van der Waals surface area contributed by atoms with Crippen LogP contribution in [0.1, 0.15) is 22.3 Å². The Kier molecular flexibility index (Phi) is 6.07. The molecule has 1 aromatic carbocycles. The highest BCUT2D eigenvalue weighted by Gasteiger charge is 2.57. The molecule has 10 nitrogen and oxygen atoms in total. The number of carbonyl (C=O) groups is 5. The molecule has 1 unspecified atom stereocenters. The van der Waals surface area contributed by atoms with Gasteiger partial charge in [0.15, 0.2) is 5.41 Å². The summed E-state index contributed by atoms with van der Waals surface area (Å²) in [6, 6.07) is 2.69. The first kappa shape index (κ1) is 21.4. The standard InChI is InChI=1S/C17H17BrN2O8/c1-20-13(22)8-5-10(18)11(26-2)6-9(8)17(14(20)23,15(24)27-3)7-12(21)19-16(25)28-4/h5-6H,7H2,1-4H3,(H,19,21,25). The fraction of sp³-hybridized carbons (Fsp3) is 0.353. The van der Waals surface area contributed by atoms with Crippen LogP contribution in [0.5, 0.6) is 5.75 Å². The van der Waals surface area contributed by atoms with Crippen molar-refractivity contribution in [3.05, 3.63) is 27.7 Å². The minimum Gasteiger partial charge on any atom is -0.496 e. The number of hydrogen-bond acceptors (Lipinski definition) is 8. The number of nitrogens with one attached hydrogen (secondary N) is 1. The van der Waals surface area contributed by atoms with E-state index in [2.05, 4.69) is 20.7 Å². The third kappa shape index (κ3) is 3.33. The van der Waals surface area contributed by atoms with E-state index in [1.54, 1.807) is 0 Å². The van der Waals surface area contributed by atoms with Gasteiger partial charge in [0.05, 0.1) is 32.2 Å². The number of esters is 1. The number of fused-ring (bicyclic) bond motifs is 1. The van der Waals surface area contributed by atoms with Crippen LogP contribution in [0.4, 0.5) is 4.79 Å². The van der Waals surface area contributed by atoms with Crippen molar-refractivity contribution in [1.82, 2.24) is 10.2 Å². The molecule has 1 aromatic rings. The molecule has 0 bridgehead atoms. The van der Waals surface area contributed by atoms with Crippen molar-refractivity contribution in [2.45, 2.75) is 11.8 Å². The first-order chi connectivity index (χ1) is 13.1. The van der Waals surface area contributed by atoms with Crippen LogP contribution in [0.15, 0.2) is 16.6 Å². The lowest BCUT2D eigenvalue weighted by molar-refractivity contribution is -0.158. The molecule has 1 aliphatic heterocycles. The van der Waals surface area contributed by atoms with Crippen molar-refractivity contribution in [3.63, 3.8) is 0 Å². The maximum atomic E-state index is 13.1. The van der Waals surface area contributed by atoms with Crippen LogP contribution in [0.2, 0.25) is 0 Å². The van der Waals surface area contributed by atoms with Gasteiger partial charge in [0.25, 0.3) is 11.8 Å². The SMILES string of the molecule is COC(=O)NC(=O)CC1(C(=O)OC)C(=O)N(C)C(=O)c2cc(Br)c(OC)cc21. The quantitative estimate of drug-likeness (QED) is 0.399. The van der Waals surface area contributed by atoms with E-state index in [1.807, 2.05) is 5.32 Å². The lowest BCUT2D eigenvalue weighted by Gasteiger charge is -2.38. The minimum absolute atomic E-state index is 0.00560. The van der Waals surface area contributed by atoms with Crippen LogP contribution in [0.25, 0.3) is 0 Å². The number of benzene rings is 1. The summed E-state index contributed by atoms with van der Waals surface area (Å²) in [6.45, 7) is 0. The molecule has 0 aliphatic carbocycles. The average molecular weight is 457 g/mol. The van der Waals surface area contributed by atoms with Gasteiger partial charge in [-0.25, -0.2) is 4.79 Å². The van der Waals surface area contributed by atoms with Gasteiger partial charge in [0, 0.05) is 12.6 Å². The third-order valence-corrected chi connectivity index (χ3v) is 4.96. The van der Waals surface area contributed by atoms with E-state index in [1.165, 1.54) is 26.3 Å². The zero-order valence-corrected chi connectivity index (χ0v) is 17.0. The van der Waals surface area contributed by atoms with E-state index in [4.69, 9.17) is 9.47 Å². The van der Waals surface area contributed by atoms with Crippen molar-refractivity contribution in [3.8, 4) is 5.75 Å². The molecule has 0 spiro atoms. The molecule has 1 aliphatic rings. The molecule has 0 saturated carbocycles. The van der Waals surface area contributed by atoms with Gasteiger partial charge in [0.1, 0.15) is 5.75 Å². The Hall–Kier alpha value is -2.95. The van der Waals surface area contributed by atoms with Crippen LogP contribution in [0, 0.1) is 0 Å². The number of nitrogens with zero attached hydrogens (tertiary/aromatic N) is 1. The van der Waals surface area contributed by atoms with E-state index in [9.17, 15) is 24.0 Å². The van der Waals surface area contributed by atoms with Gasteiger partial charge in [-0.3, -0.25) is 29.4 Å². The van der Waals surface area contributed by atoms with Gasteiger partial charge in [0.2, 0.25) is 5.91 Å². The number of carbonyl (C=O) groups excluding carboxylic acids is 5. The molecule has 0 aromatic heterocycles. The first-order valence-electron chi connectivity index (χ1n) is 7.80. The van der Waals surface area contributed by atoms with Crippen molar-refractivity contribution in [1.29, 1.82) is 0 Å². The molecule has 2 rings (SSSR count). The van der Waals surface area contributed by atoms with Crippen molar-refractivity contribution in [2.24, 2.45) is 0 Å². The summed E-state index contributed by atoms with van der Waals surface area (Å²) < 4.78 is 14.7.